The lowest BCUT2D eigenvalue weighted by Crippen LogP contribution is -2.56. The lowest BCUT2D eigenvalue weighted by molar-refractivity contribution is -0.128. The first-order valence-electron chi connectivity index (χ1n) is 7.80. The summed E-state index contributed by atoms with van der Waals surface area (Å²) in [5.74, 6) is 0.533. The van der Waals surface area contributed by atoms with E-state index in [9.17, 15) is 4.79 Å². The van der Waals surface area contributed by atoms with Gasteiger partial charge in [0.1, 0.15) is 0 Å². The predicted octanol–water partition coefficient (Wildman–Crippen LogP) is 3.92. The number of hydrogen-bond acceptors (Lipinski definition) is 2. The highest BCUT2D eigenvalue weighted by Crippen LogP contribution is 2.31. The largest absolute Gasteiger partial charge is 0.348 e. The van der Waals surface area contributed by atoms with Gasteiger partial charge < -0.3 is 11.1 Å². The van der Waals surface area contributed by atoms with Crippen LogP contribution in [0, 0.1) is 5.92 Å². The molecular formula is C17H25BrN2O. The highest BCUT2D eigenvalue weighted by atomic mass is 79.9. The van der Waals surface area contributed by atoms with E-state index in [1.165, 1.54) is 6.42 Å². The van der Waals surface area contributed by atoms with Crippen LogP contribution >= 0.6 is 15.9 Å². The summed E-state index contributed by atoms with van der Waals surface area (Å²) in [5.41, 5.74) is 6.81. The Morgan fingerprint density at radius 2 is 2.14 bits per heavy atom. The van der Waals surface area contributed by atoms with E-state index in [0.717, 1.165) is 35.7 Å². The van der Waals surface area contributed by atoms with E-state index in [1.54, 1.807) is 0 Å². The number of nitrogens with one attached hydrogen (secondary N) is 1. The lowest BCUT2D eigenvalue weighted by atomic mass is 9.76. The lowest BCUT2D eigenvalue weighted by Gasteiger charge is -2.36. The van der Waals surface area contributed by atoms with Gasteiger partial charge in [-0.1, -0.05) is 54.8 Å². The van der Waals surface area contributed by atoms with Crippen molar-refractivity contribution < 1.29 is 4.79 Å². The maximum absolute atomic E-state index is 12.6. The predicted molar refractivity (Wildman–Crippen MR) is 89.9 cm³/mol. The summed E-state index contributed by atoms with van der Waals surface area (Å²) in [4.78, 5) is 12.6. The second kappa shape index (κ2) is 6.93. The van der Waals surface area contributed by atoms with Gasteiger partial charge in [0.05, 0.1) is 11.6 Å². The quantitative estimate of drug-likeness (QED) is 0.862. The van der Waals surface area contributed by atoms with Gasteiger partial charge in [0, 0.05) is 4.47 Å². The number of hydrogen-bond donors (Lipinski definition) is 2. The van der Waals surface area contributed by atoms with E-state index >= 15 is 0 Å². The summed E-state index contributed by atoms with van der Waals surface area (Å²) < 4.78 is 1.05. The summed E-state index contributed by atoms with van der Waals surface area (Å²) >= 11 is 3.44. The van der Waals surface area contributed by atoms with Crippen LogP contribution < -0.4 is 11.1 Å². The van der Waals surface area contributed by atoms with Crippen LogP contribution in [0.4, 0.5) is 0 Å². The molecule has 0 aliphatic heterocycles. The average Bonchev–Trinajstić information content (AvgIpc) is 2.45. The summed E-state index contributed by atoms with van der Waals surface area (Å²) in [6, 6.07) is 8.13. The van der Waals surface area contributed by atoms with Crippen molar-refractivity contribution in [3.8, 4) is 0 Å². The van der Waals surface area contributed by atoms with Gasteiger partial charge in [0.25, 0.3) is 0 Å². The Kier molecular flexibility index (Phi) is 5.44. The fraction of sp³-hybridized carbons (Fsp3) is 0.588. The molecule has 1 aromatic rings. The van der Waals surface area contributed by atoms with Crippen molar-refractivity contribution in [3.05, 3.63) is 34.3 Å². The van der Waals surface area contributed by atoms with Crippen LogP contribution in [-0.2, 0) is 4.79 Å². The van der Waals surface area contributed by atoms with Crippen molar-refractivity contribution in [1.29, 1.82) is 0 Å². The van der Waals surface area contributed by atoms with Gasteiger partial charge in [-0.15, -0.1) is 0 Å². The Balaban J connectivity index is 2.07. The molecular weight excluding hydrogens is 328 g/mol. The fourth-order valence-electron chi connectivity index (χ4n) is 3.22. The molecule has 0 aromatic heterocycles. The van der Waals surface area contributed by atoms with Crippen molar-refractivity contribution in [3.63, 3.8) is 0 Å². The molecule has 1 aliphatic carbocycles. The van der Waals surface area contributed by atoms with Gasteiger partial charge in [0.15, 0.2) is 0 Å². The number of amides is 1. The molecule has 3 N–H and O–H groups in total. The molecule has 4 heteroatoms. The zero-order valence-corrected chi connectivity index (χ0v) is 14.4. The second-order valence-corrected chi connectivity index (χ2v) is 7.26. The molecule has 3 unspecified atom stereocenters. The van der Waals surface area contributed by atoms with Crippen molar-refractivity contribution in [2.75, 3.05) is 0 Å². The van der Waals surface area contributed by atoms with E-state index in [1.807, 2.05) is 24.3 Å². The summed E-state index contributed by atoms with van der Waals surface area (Å²) in [6.45, 7) is 4.26. The van der Waals surface area contributed by atoms with Gasteiger partial charge >= 0.3 is 0 Å². The monoisotopic (exact) mass is 352 g/mol. The van der Waals surface area contributed by atoms with Crippen LogP contribution in [0.3, 0.4) is 0 Å². The molecule has 116 valence electrons. The summed E-state index contributed by atoms with van der Waals surface area (Å²) in [6.07, 6.45) is 4.66. The van der Waals surface area contributed by atoms with E-state index in [2.05, 4.69) is 35.1 Å². The molecule has 3 nitrogen and oxygen atoms in total. The molecule has 0 spiro atoms. The SMILES string of the molecule is CCC(NC(=O)C1(N)CCCC(C)C1)c1ccc(Br)cc1. The fourth-order valence-corrected chi connectivity index (χ4v) is 3.48. The summed E-state index contributed by atoms with van der Waals surface area (Å²) in [5, 5.41) is 3.15. The Hall–Kier alpha value is -0.870. The zero-order valence-electron chi connectivity index (χ0n) is 12.9. The van der Waals surface area contributed by atoms with Crippen molar-refractivity contribution in [2.45, 2.75) is 57.5 Å². The highest BCUT2D eigenvalue weighted by Gasteiger charge is 2.38. The third-order valence-electron chi connectivity index (χ3n) is 4.47. The maximum Gasteiger partial charge on any atom is 0.240 e. The van der Waals surface area contributed by atoms with Crippen LogP contribution in [-0.4, -0.2) is 11.4 Å². The van der Waals surface area contributed by atoms with Crippen LogP contribution in [0.15, 0.2) is 28.7 Å². The average molecular weight is 353 g/mol. The molecule has 1 aromatic carbocycles. The number of halogens is 1. The van der Waals surface area contributed by atoms with Crippen LogP contribution in [0.2, 0.25) is 0 Å². The Morgan fingerprint density at radius 3 is 2.71 bits per heavy atom. The van der Waals surface area contributed by atoms with Gasteiger partial charge in [-0.25, -0.2) is 0 Å². The number of carbonyl (C=O) groups excluding carboxylic acids is 1. The molecule has 1 aliphatic rings. The Bertz CT molecular complexity index is 488. The molecule has 2 rings (SSSR count). The van der Waals surface area contributed by atoms with Gasteiger partial charge in [0.2, 0.25) is 5.91 Å². The van der Waals surface area contributed by atoms with Crippen LogP contribution in [0.25, 0.3) is 0 Å². The molecule has 1 fully saturated rings. The first-order chi connectivity index (χ1) is 9.94. The molecule has 3 atom stereocenters. The number of benzene rings is 1. The van der Waals surface area contributed by atoms with E-state index in [-0.39, 0.29) is 11.9 Å². The zero-order chi connectivity index (χ0) is 15.5. The third-order valence-corrected chi connectivity index (χ3v) is 5.00. The highest BCUT2D eigenvalue weighted by molar-refractivity contribution is 9.10. The molecule has 0 heterocycles. The topological polar surface area (TPSA) is 55.1 Å². The number of carbonyl (C=O) groups is 1. The molecule has 1 amide bonds. The standard InChI is InChI=1S/C17H25BrN2O/c1-3-15(13-6-8-14(18)9-7-13)20-16(21)17(19)10-4-5-12(2)11-17/h6-9,12,15H,3-5,10-11,19H2,1-2H3,(H,20,21). The van der Waals surface area contributed by atoms with Crippen LogP contribution in [0.5, 0.6) is 0 Å². The first-order valence-corrected chi connectivity index (χ1v) is 8.59. The molecule has 0 bridgehead atoms. The van der Waals surface area contributed by atoms with E-state index in [0.29, 0.717) is 5.92 Å². The van der Waals surface area contributed by atoms with Gasteiger partial charge in [-0.2, -0.15) is 0 Å². The first kappa shape index (κ1) is 16.5. The van der Waals surface area contributed by atoms with Gasteiger partial charge in [-0.3, -0.25) is 4.79 Å². The maximum atomic E-state index is 12.6. The number of nitrogens with two attached hydrogens (primary N) is 1. The molecule has 21 heavy (non-hydrogen) atoms. The van der Waals surface area contributed by atoms with Crippen molar-refractivity contribution in [1.82, 2.24) is 5.32 Å². The second-order valence-electron chi connectivity index (χ2n) is 6.34. The summed E-state index contributed by atoms with van der Waals surface area (Å²) in [7, 11) is 0. The smallest absolute Gasteiger partial charge is 0.240 e. The minimum atomic E-state index is -0.694. The normalized spacial score (nSPS) is 27.1. The van der Waals surface area contributed by atoms with Crippen molar-refractivity contribution >= 4 is 21.8 Å². The number of rotatable bonds is 4. The van der Waals surface area contributed by atoms with Crippen LogP contribution in [0.1, 0.15) is 57.6 Å². The van der Waals surface area contributed by atoms with E-state index in [4.69, 9.17) is 5.73 Å². The van der Waals surface area contributed by atoms with Gasteiger partial charge in [-0.05, 0) is 42.9 Å². The van der Waals surface area contributed by atoms with E-state index < -0.39 is 5.54 Å². The minimum absolute atomic E-state index is 0.00354. The minimum Gasteiger partial charge on any atom is -0.348 e. The Morgan fingerprint density at radius 1 is 1.48 bits per heavy atom. The Labute approximate surface area is 135 Å². The third kappa shape index (κ3) is 4.07. The molecule has 1 saturated carbocycles. The molecule has 0 radical (unpaired) electrons. The molecule has 0 saturated heterocycles. The van der Waals surface area contributed by atoms with Crippen molar-refractivity contribution in [2.24, 2.45) is 11.7 Å².